The highest BCUT2D eigenvalue weighted by Gasteiger charge is 2.44. The van der Waals surface area contributed by atoms with E-state index in [2.05, 4.69) is 16.0 Å². The summed E-state index contributed by atoms with van der Waals surface area (Å²) < 4.78 is 0. The number of imide groups is 2. The number of rotatable bonds is 6. The van der Waals surface area contributed by atoms with Crippen molar-refractivity contribution < 1.29 is 24.3 Å². The van der Waals surface area contributed by atoms with Crippen molar-refractivity contribution in [2.24, 2.45) is 5.92 Å². The standard InChI is InChI=1S/C22H28N4O5/c1-22(31,14-3-2-8-23-11-14)12-24-10-13-4-5-15-16(9-13)21(30)26(20(15)29)17-6-7-18(27)25-19(17)28/h4-5,9,14,17,23-24,31H,2-3,6-8,10-12H2,1H3,(H,25,27,28). The highest BCUT2D eigenvalue weighted by Crippen LogP contribution is 2.28. The molecule has 4 N–H and O–H groups in total. The number of hydrogen-bond donors (Lipinski definition) is 4. The van der Waals surface area contributed by atoms with Crippen LogP contribution in [0.5, 0.6) is 0 Å². The van der Waals surface area contributed by atoms with E-state index in [1.807, 2.05) is 6.92 Å². The molecular weight excluding hydrogens is 400 g/mol. The summed E-state index contributed by atoms with van der Waals surface area (Å²) in [6.07, 6.45) is 2.25. The van der Waals surface area contributed by atoms with Crippen LogP contribution in [0.25, 0.3) is 0 Å². The van der Waals surface area contributed by atoms with Gasteiger partial charge in [0.2, 0.25) is 11.8 Å². The molecule has 0 aromatic heterocycles. The second-order valence-corrected chi connectivity index (χ2v) is 8.83. The monoisotopic (exact) mass is 428 g/mol. The van der Waals surface area contributed by atoms with Gasteiger partial charge in [0.05, 0.1) is 16.7 Å². The highest BCUT2D eigenvalue weighted by atomic mass is 16.3. The molecule has 166 valence electrons. The van der Waals surface area contributed by atoms with Crippen molar-refractivity contribution >= 4 is 23.6 Å². The van der Waals surface area contributed by atoms with E-state index < -0.39 is 35.3 Å². The molecule has 3 atom stereocenters. The van der Waals surface area contributed by atoms with Gasteiger partial charge in [0.1, 0.15) is 6.04 Å². The molecule has 0 bridgehead atoms. The second kappa shape index (κ2) is 8.49. The molecule has 31 heavy (non-hydrogen) atoms. The minimum atomic E-state index is -0.967. The molecule has 4 amide bonds. The Hall–Kier alpha value is -2.62. The topological polar surface area (TPSA) is 128 Å². The fraction of sp³-hybridized carbons (Fsp3) is 0.545. The van der Waals surface area contributed by atoms with Crippen molar-refractivity contribution in [1.82, 2.24) is 20.9 Å². The third-order valence-electron chi connectivity index (χ3n) is 6.49. The average Bonchev–Trinajstić information content (AvgIpc) is 2.99. The smallest absolute Gasteiger partial charge is 0.262 e. The number of amides is 4. The maximum atomic E-state index is 12.9. The molecule has 1 aromatic rings. The molecule has 3 aliphatic rings. The normalized spacial score (nSPS) is 25.9. The molecule has 1 aromatic carbocycles. The van der Waals surface area contributed by atoms with Crippen molar-refractivity contribution in [2.75, 3.05) is 19.6 Å². The Labute approximate surface area is 180 Å². The predicted molar refractivity (Wildman–Crippen MR) is 111 cm³/mol. The van der Waals surface area contributed by atoms with E-state index >= 15 is 0 Å². The summed E-state index contributed by atoms with van der Waals surface area (Å²) in [7, 11) is 0. The van der Waals surface area contributed by atoms with Gasteiger partial charge >= 0.3 is 0 Å². The van der Waals surface area contributed by atoms with Gasteiger partial charge < -0.3 is 15.7 Å². The van der Waals surface area contributed by atoms with E-state index in [0.717, 1.165) is 36.4 Å². The van der Waals surface area contributed by atoms with Crippen molar-refractivity contribution in [3.05, 3.63) is 34.9 Å². The van der Waals surface area contributed by atoms with E-state index in [1.54, 1.807) is 18.2 Å². The molecule has 3 heterocycles. The zero-order valence-electron chi connectivity index (χ0n) is 17.6. The summed E-state index contributed by atoms with van der Waals surface area (Å²) in [5.74, 6) is -1.87. The van der Waals surface area contributed by atoms with Crippen LogP contribution in [0.2, 0.25) is 0 Å². The molecule has 2 saturated heterocycles. The molecule has 4 rings (SSSR count). The molecule has 9 nitrogen and oxygen atoms in total. The lowest BCUT2D eigenvalue weighted by Crippen LogP contribution is -2.54. The minimum absolute atomic E-state index is 0.0927. The Morgan fingerprint density at radius 1 is 1.16 bits per heavy atom. The van der Waals surface area contributed by atoms with Crippen LogP contribution in [0.3, 0.4) is 0 Å². The Bertz CT molecular complexity index is 922. The van der Waals surface area contributed by atoms with Crippen LogP contribution in [-0.4, -0.2) is 64.9 Å². The first-order chi connectivity index (χ1) is 14.8. The van der Waals surface area contributed by atoms with Crippen LogP contribution >= 0.6 is 0 Å². The fourth-order valence-corrected chi connectivity index (χ4v) is 4.62. The first-order valence-corrected chi connectivity index (χ1v) is 10.8. The van der Waals surface area contributed by atoms with E-state index in [0.29, 0.717) is 13.1 Å². The van der Waals surface area contributed by atoms with E-state index in [1.165, 1.54) is 0 Å². The number of hydrogen-bond acceptors (Lipinski definition) is 7. The third kappa shape index (κ3) is 4.26. The molecule has 9 heteroatoms. The molecule has 0 saturated carbocycles. The number of benzene rings is 1. The predicted octanol–water partition coefficient (Wildman–Crippen LogP) is -0.0720. The summed E-state index contributed by atoms with van der Waals surface area (Å²) in [5, 5.41) is 19.6. The number of carbonyl (C=O) groups is 4. The Morgan fingerprint density at radius 3 is 2.65 bits per heavy atom. The first-order valence-electron chi connectivity index (χ1n) is 10.8. The van der Waals surface area contributed by atoms with E-state index in [4.69, 9.17) is 0 Å². The highest BCUT2D eigenvalue weighted by molar-refractivity contribution is 6.23. The molecule has 0 spiro atoms. The lowest BCUT2D eigenvalue weighted by atomic mass is 9.83. The van der Waals surface area contributed by atoms with Crippen molar-refractivity contribution in [1.29, 1.82) is 0 Å². The van der Waals surface area contributed by atoms with Crippen molar-refractivity contribution in [3.63, 3.8) is 0 Å². The summed E-state index contributed by atoms with van der Waals surface area (Å²) in [4.78, 5) is 50.1. The van der Waals surface area contributed by atoms with Crippen LogP contribution < -0.4 is 16.0 Å². The van der Waals surface area contributed by atoms with E-state index in [-0.39, 0.29) is 29.9 Å². The van der Waals surface area contributed by atoms with Gasteiger partial charge in [-0.1, -0.05) is 6.07 Å². The lowest BCUT2D eigenvalue weighted by molar-refractivity contribution is -0.136. The van der Waals surface area contributed by atoms with Gasteiger partial charge in [0, 0.05) is 32.0 Å². The molecular formula is C22H28N4O5. The Morgan fingerprint density at radius 2 is 1.94 bits per heavy atom. The summed E-state index contributed by atoms with van der Waals surface area (Å²) in [6, 6.07) is 4.06. The van der Waals surface area contributed by atoms with Crippen LogP contribution in [0, 0.1) is 5.92 Å². The van der Waals surface area contributed by atoms with Crippen molar-refractivity contribution in [3.8, 4) is 0 Å². The fourth-order valence-electron chi connectivity index (χ4n) is 4.62. The maximum Gasteiger partial charge on any atom is 0.262 e. The third-order valence-corrected chi connectivity index (χ3v) is 6.49. The van der Waals surface area contributed by atoms with Crippen LogP contribution in [0.4, 0.5) is 0 Å². The number of nitrogens with one attached hydrogen (secondary N) is 3. The van der Waals surface area contributed by atoms with Gasteiger partial charge in [0.25, 0.3) is 11.8 Å². The van der Waals surface area contributed by atoms with Gasteiger partial charge in [-0.25, -0.2) is 0 Å². The molecule has 0 radical (unpaired) electrons. The van der Waals surface area contributed by atoms with Gasteiger partial charge in [-0.3, -0.25) is 29.4 Å². The number of nitrogens with zero attached hydrogens (tertiary/aromatic N) is 1. The van der Waals surface area contributed by atoms with Crippen LogP contribution in [-0.2, 0) is 16.1 Å². The molecule has 0 aliphatic carbocycles. The average molecular weight is 428 g/mol. The van der Waals surface area contributed by atoms with Crippen LogP contribution in [0.15, 0.2) is 18.2 Å². The zero-order valence-corrected chi connectivity index (χ0v) is 17.6. The van der Waals surface area contributed by atoms with Gasteiger partial charge in [0.15, 0.2) is 0 Å². The van der Waals surface area contributed by atoms with Gasteiger partial charge in [-0.2, -0.15) is 0 Å². The quantitative estimate of drug-likeness (QED) is 0.467. The lowest BCUT2D eigenvalue weighted by Gasteiger charge is -2.36. The molecule has 3 unspecified atom stereocenters. The molecule has 3 aliphatic heterocycles. The van der Waals surface area contributed by atoms with Crippen molar-refractivity contribution in [2.45, 2.75) is 50.8 Å². The number of aliphatic hydroxyl groups is 1. The number of carbonyl (C=O) groups excluding carboxylic acids is 4. The zero-order chi connectivity index (χ0) is 22.2. The maximum absolute atomic E-state index is 12.9. The van der Waals surface area contributed by atoms with E-state index in [9.17, 15) is 24.3 Å². The SMILES string of the molecule is CC(O)(CNCc1ccc2c(c1)C(=O)N(C1CCC(=O)NC1=O)C2=O)C1CCCNC1. The largest absolute Gasteiger partial charge is 0.389 e. The van der Waals surface area contributed by atoms with Gasteiger partial charge in [-0.05, 0) is 50.4 Å². The summed E-state index contributed by atoms with van der Waals surface area (Å²) >= 11 is 0. The van der Waals surface area contributed by atoms with Gasteiger partial charge in [-0.15, -0.1) is 0 Å². The minimum Gasteiger partial charge on any atom is -0.389 e. The number of piperidine rings is 2. The summed E-state index contributed by atoms with van der Waals surface area (Å²) in [5.41, 5.74) is 0.483. The van der Waals surface area contributed by atoms with Crippen LogP contribution in [0.1, 0.15) is 58.9 Å². The Balaban J connectivity index is 1.41. The number of fused-ring (bicyclic) bond motifs is 1. The second-order valence-electron chi connectivity index (χ2n) is 8.83. The summed E-state index contributed by atoms with van der Waals surface area (Å²) in [6.45, 7) is 4.45. The first kappa shape index (κ1) is 21.6. The molecule has 2 fully saturated rings. The Kier molecular flexibility index (Phi) is 5.92.